The SMILES string of the molecule is Nc1nc(N2CCCC2)cc(N2CCCC3(CCc4cnc(N)nc43)C2)n1. The molecule has 4 N–H and O–H groups in total. The van der Waals surface area contributed by atoms with Crippen LogP contribution in [0.4, 0.5) is 23.5 Å². The molecule has 1 aliphatic carbocycles. The fourth-order valence-electron chi connectivity index (χ4n) is 4.99. The summed E-state index contributed by atoms with van der Waals surface area (Å²) in [6, 6.07) is 2.10. The summed E-state index contributed by atoms with van der Waals surface area (Å²) >= 11 is 0. The van der Waals surface area contributed by atoms with Gasteiger partial charge in [-0.15, -0.1) is 0 Å². The lowest BCUT2D eigenvalue weighted by Gasteiger charge is -2.41. The van der Waals surface area contributed by atoms with Gasteiger partial charge in [0.2, 0.25) is 11.9 Å². The van der Waals surface area contributed by atoms with E-state index in [1.165, 1.54) is 18.4 Å². The number of hydrogen-bond acceptors (Lipinski definition) is 8. The second kappa shape index (κ2) is 6.21. The number of aromatic nitrogens is 4. The summed E-state index contributed by atoms with van der Waals surface area (Å²) in [5, 5.41) is 0. The third-order valence-corrected chi connectivity index (χ3v) is 6.31. The van der Waals surface area contributed by atoms with E-state index in [1.807, 2.05) is 6.20 Å². The molecule has 142 valence electrons. The van der Waals surface area contributed by atoms with Crippen molar-refractivity contribution >= 4 is 23.5 Å². The van der Waals surface area contributed by atoms with Gasteiger partial charge in [-0.05, 0) is 44.1 Å². The molecule has 2 aromatic rings. The Balaban J connectivity index is 1.47. The lowest BCUT2D eigenvalue weighted by atomic mass is 9.77. The van der Waals surface area contributed by atoms with Crippen molar-refractivity contribution in [3.05, 3.63) is 23.5 Å². The Hall–Kier alpha value is -2.64. The molecule has 0 radical (unpaired) electrons. The molecule has 1 spiro atoms. The van der Waals surface area contributed by atoms with Crippen LogP contribution in [-0.2, 0) is 11.8 Å². The minimum absolute atomic E-state index is 0.0398. The molecule has 8 nitrogen and oxygen atoms in total. The zero-order chi connectivity index (χ0) is 18.4. The first kappa shape index (κ1) is 16.5. The van der Waals surface area contributed by atoms with Gasteiger partial charge in [0.05, 0.1) is 5.69 Å². The molecule has 5 rings (SSSR count). The minimum Gasteiger partial charge on any atom is -0.368 e. The normalized spacial score (nSPS) is 24.6. The van der Waals surface area contributed by atoms with Gasteiger partial charge in [-0.1, -0.05) is 0 Å². The van der Waals surface area contributed by atoms with Gasteiger partial charge in [0.1, 0.15) is 11.6 Å². The summed E-state index contributed by atoms with van der Waals surface area (Å²) < 4.78 is 0. The second-order valence-electron chi connectivity index (χ2n) is 8.04. The molecule has 1 unspecified atom stereocenters. The van der Waals surface area contributed by atoms with Crippen LogP contribution in [0.5, 0.6) is 0 Å². The molecule has 0 amide bonds. The van der Waals surface area contributed by atoms with Gasteiger partial charge >= 0.3 is 0 Å². The van der Waals surface area contributed by atoms with E-state index < -0.39 is 0 Å². The Labute approximate surface area is 159 Å². The van der Waals surface area contributed by atoms with Crippen molar-refractivity contribution in [1.82, 2.24) is 19.9 Å². The summed E-state index contributed by atoms with van der Waals surface area (Å²) in [6.45, 7) is 3.96. The van der Waals surface area contributed by atoms with Crippen LogP contribution >= 0.6 is 0 Å². The molecule has 2 aliphatic heterocycles. The maximum atomic E-state index is 6.06. The average Bonchev–Trinajstić information content (AvgIpc) is 3.31. The summed E-state index contributed by atoms with van der Waals surface area (Å²) in [6.07, 6.45) is 8.68. The van der Waals surface area contributed by atoms with Crippen LogP contribution in [0.15, 0.2) is 12.3 Å². The van der Waals surface area contributed by atoms with E-state index in [2.05, 4.69) is 35.8 Å². The molecule has 4 heterocycles. The van der Waals surface area contributed by atoms with Crippen LogP contribution in [0, 0.1) is 0 Å². The van der Waals surface area contributed by atoms with E-state index in [9.17, 15) is 0 Å². The van der Waals surface area contributed by atoms with Crippen molar-refractivity contribution in [1.29, 1.82) is 0 Å². The molecule has 8 heteroatoms. The average molecular weight is 366 g/mol. The van der Waals surface area contributed by atoms with E-state index in [-0.39, 0.29) is 5.41 Å². The first-order chi connectivity index (χ1) is 13.1. The molecule has 3 aliphatic rings. The number of anilines is 4. The quantitative estimate of drug-likeness (QED) is 0.823. The highest BCUT2D eigenvalue weighted by atomic mass is 15.3. The topological polar surface area (TPSA) is 110 Å². The highest BCUT2D eigenvalue weighted by Gasteiger charge is 2.44. The van der Waals surface area contributed by atoms with Crippen molar-refractivity contribution in [2.24, 2.45) is 0 Å². The van der Waals surface area contributed by atoms with Gasteiger partial charge in [-0.2, -0.15) is 9.97 Å². The van der Waals surface area contributed by atoms with Crippen molar-refractivity contribution in [3.63, 3.8) is 0 Å². The number of fused-ring (bicyclic) bond motifs is 2. The van der Waals surface area contributed by atoms with Crippen LogP contribution < -0.4 is 21.3 Å². The van der Waals surface area contributed by atoms with Crippen LogP contribution in [0.3, 0.4) is 0 Å². The Bertz CT molecular complexity index is 859. The summed E-state index contributed by atoms with van der Waals surface area (Å²) in [5.74, 6) is 2.61. The van der Waals surface area contributed by atoms with Crippen molar-refractivity contribution in [3.8, 4) is 0 Å². The highest BCUT2D eigenvalue weighted by Crippen LogP contribution is 2.44. The highest BCUT2D eigenvalue weighted by molar-refractivity contribution is 5.55. The van der Waals surface area contributed by atoms with Gasteiger partial charge in [-0.3, -0.25) is 0 Å². The second-order valence-corrected chi connectivity index (χ2v) is 8.04. The monoisotopic (exact) mass is 366 g/mol. The predicted octanol–water partition coefficient (Wildman–Crippen LogP) is 1.52. The third-order valence-electron chi connectivity index (χ3n) is 6.31. The maximum absolute atomic E-state index is 6.06. The zero-order valence-electron chi connectivity index (χ0n) is 15.6. The zero-order valence-corrected chi connectivity index (χ0v) is 15.6. The first-order valence-corrected chi connectivity index (χ1v) is 9.89. The standard InChI is InChI=1S/C19H26N8/c20-17-22-11-13-4-6-19(16(13)25-17)5-3-9-27(12-19)15-10-14(23-18(21)24-15)26-7-1-2-8-26/h10-11H,1-9,12H2,(H2,20,22,25)(H2,21,23,24). The summed E-state index contributed by atoms with van der Waals surface area (Å²) in [7, 11) is 0. The Kier molecular flexibility index (Phi) is 3.80. The minimum atomic E-state index is 0.0398. The molecular formula is C19H26N8. The molecule has 2 saturated heterocycles. The number of piperidine rings is 1. The fraction of sp³-hybridized carbons (Fsp3) is 0.579. The van der Waals surface area contributed by atoms with Crippen LogP contribution in [0.2, 0.25) is 0 Å². The smallest absolute Gasteiger partial charge is 0.223 e. The van der Waals surface area contributed by atoms with Crippen LogP contribution in [-0.4, -0.2) is 46.1 Å². The molecule has 2 fully saturated rings. The third kappa shape index (κ3) is 2.83. The fourth-order valence-corrected chi connectivity index (χ4v) is 4.99. The van der Waals surface area contributed by atoms with Crippen molar-refractivity contribution < 1.29 is 0 Å². The number of aryl methyl sites for hydroxylation is 1. The number of nitrogens with zero attached hydrogens (tertiary/aromatic N) is 6. The molecule has 0 saturated carbocycles. The van der Waals surface area contributed by atoms with E-state index in [1.54, 1.807) is 0 Å². The number of rotatable bonds is 2. The summed E-state index contributed by atoms with van der Waals surface area (Å²) in [4.78, 5) is 22.5. The number of nitrogens with two attached hydrogens (primary N) is 2. The van der Waals surface area contributed by atoms with Gasteiger partial charge in [0.25, 0.3) is 0 Å². The Morgan fingerprint density at radius 2 is 1.59 bits per heavy atom. The molecule has 0 bridgehead atoms. The maximum Gasteiger partial charge on any atom is 0.223 e. The van der Waals surface area contributed by atoms with Crippen LogP contribution in [0.25, 0.3) is 0 Å². The Morgan fingerprint density at radius 3 is 2.41 bits per heavy atom. The number of hydrogen-bond donors (Lipinski definition) is 2. The Morgan fingerprint density at radius 1 is 0.852 bits per heavy atom. The molecular weight excluding hydrogens is 340 g/mol. The molecule has 1 atom stereocenters. The van der Waals surface area contributed by atoms with Crippen LogP contribution in [0.1, 0.15) is 43.4 Å². The van der Waals surface area contributed by atoms with E-state index >= 15 is 0 Å². The molecule has 0 aromatic carbocycles. The van der Waals surface area contributed by atoms with Gasteiger partial charge in [-0.25, -0.2) is 9.97 Å². The van der Waals surface area contributed by atoms with Gasteiger partial charge < -0.3 is 21.3 Å². The first-order valence-electron chi connectivity index (χ1n) is 9.89. The lowest BCUT2D eigenvalue weighted by molar-refractivity contribution is 0.333. The predicted molar refractivity (Wildman–Crippen MR) is 106 cm³/mol. The van der Waals surface area contributed by atoms with E-state index in [0.717, 1.165) is 69.2 Å². The number of nitrogen functional groups attached to an aromatic ring is 2. The van der Waals surface area contributed by atoms with Crippen molar-refractivity contribution in [2.75, 3.05) is 47.4 Å². The molecule has 27 heavy (non-hydrogen) atoms. The lowest BCUT2D eigenvalue weighted by Crippen LogP contribution is -2.46. The van der Waals surface area contributed by atoms with Crippen molar-refractivity contribution in [2.45, 2.75) is 43.9 Å². The largest absolute Gasteiger partial charge is 0.368 e. The van der Waals surface area contributed by atoms with Gasteiger partial charge in [0.15, 0.2) is 0 Å². The van der Waals surface area contributed by atoms with E-state index in [4.69, 9.17) is 11.5 Å². The van der Waals surface area contributed by atoms with E-state index in [0.29, 0.717) is 11.9 Å². The molecule has 2 aromatic heterocycles. The summed E-state index contributed by atoms with van der Waals surface area (Å²) in [5.41, 5.74) is 14.4. The van der Waals surface area contributed by atoms with Gasteiger partial charge in [0, 0.05) is 43.9 Å².